The van der Waals surface area contributed by atoms with E-state index in [0.29, 0.717) is 0 Å². The van der Waals surface area contributed by atoms with Crippen LogP contribution in [0.5, 0.6) is 0 Å². The normalized spacial score (nSPS) is 14.6. The molecule has 0 aliphatic heterocycles. The third-order valence-corrected chi connectivity index (χ3v) is 3.31. The summed E-state index contributed by atoms with van der Waals surface area (Å²) in [5, 5.41) is 3.18. The molecular weight excluding hydrogens is 226 g/mol. The van der Waals surface area contributed by atoms with E-state index in [1.807, 2.05) is 7.05 Å². The van der Waals surface area contributed by atoms with Crippen LogP contribution in [-0.2, 0) is 19.4 Å². The summed E-state index contributed by atoms with van der Waals surface area (Å²) < 4.78 is 1.30. The van der Waals surface area contributed by atoms with Crippen LogP contribution in [0.3, 0.4) is 0 Å². The van der Waals surface area contributed by atoms with Crippen LogP contribution in [0, 0.1) is 0 Å². The molecule has 1 aromatic carbocycles. The fraction of sp³-hybridized carbons (Fsp3) is 0.455. The van der Waals surface area contributed by atoms with Crippen molar-refractivity contribution in [1.29, 1.82) is 0 Å². The van der Waals surface area contributed by atoms with E-state index in [1.54, 1.807) is 5.56 Å². The molecule has 0 unspecified atom stereocenters. The van der Waals surface area contributed by atoms with Gasteiger partial charge in [0.25, 0.3) is 0 Å². The zero-order valence-electron chi connectivity index (χ0n) is 7.86. The molecule has 0 heterocycles. The molecule has 0 atom stereocenters. The van der Waals surface area contributed by atoms with Crippen molar-refractivity contribution in [3.05, 3.63) is 33.3 Å². The second kappa shape index (κ2) is 3.81. The Morgan fingerprint density at radius 2 is 2.23 bits per heavy atom. The largest absolute Gasteiger partial charge is 0.316 e. The molecule has 1 aromatic rings. The number of benzene rings is 1. The monoisotopic (exact) mass is 239 g/mol. The van der Waals surface area contributed by atoms with Gasteiger partial charge in [-0.25, -0.2) is 0 Å². The van der Waals surface area contributed by atoms with Gasteiger partial charge in [-0.1, -0.05) is 22.0 Å². The summed E-state index contributed by atoms with van der Waals surface area (Å²) in [5.74, 6) is 0. The molecule has 1 aliphatic rings. The van der Waals surface area contributed by atoms with Gasteiger partial charge in [-0.2, -0.15) is 0 Å². The Bertz CT molecular complexity index is 320. The van der Waals surface area contributed by atoms with Crippen molar-refractivity contribution in [2.75, 3.05) is 7.05 Å². The lowest BCUT2D eigenvalue weighted by Crippen LogP contribution is -2.05. The summed E-state index contributed by atoms with van der Waals surface area (Å²) in [4.78, 5) is 0. The van der Waals surface area contributed by atoms with Gasteiger partial charge in [0.2, 0.25) is 0 Å². The summed E-state index contributed by atoms with van der Waals surface area (Å²) in [6, 6.07) is 4.57. The summed E-state index contributed by atoms with van der Waals surface area (Å²) in [7, 11) is 1.99. The topological polar surface area (TPSA) is 12.0 Å². The number of nitrogens with one attached hydrogen (secondary N) is 1. The minimum Gasteiger partial charge on any atom is -0.316 e. The Balaban J connectivity index is 2.37. The molecule has 0 fully saturated rings. The zero-order chi connectivity index (χ0) is 9.26. The van der Waals surface area contributed by atoms with Crippen LogP contribution in [0.15, 0.2) is 16.6 Å². The molecule has 2 rings (SSSR count). The number of hydrogen-bond donors (Lipinski definition) is 1. The summed E-state index contributed by atoms with van der Waals surface area (Å²) >= 11 is 3.64. The van der Waals surface area contributed by atoms with Gasteiger partial charge in [-0.3, -0.25) is 0 Å². The summed E-state index contributed by atoms with van der Waals surface area (Å²) in [6.07, 6.45) is 3.82. The second-order valence-electron chi connectivity index (χ2n) is 3.60. The Morgan fingerprint density at radius 3 is 3.00 bits per heavy atom. The molecule has 1 N–H and O–H groups in total. The van der Waals surface area contributed by atoms with Crippen LogP contribution in [0.4, 0.5) is 0 Å². The lowest BCUT2D eigenvalue weighted by atomic mass is 10.1. The van der Waals surface area contributed by atoms with Crippen molar-refractivity contribution in [2.45, 2.75) is 25.8 Å². The molecule has 2 heteroatoms. The lowest BCUT2D eigenvalue weighted by molar-refractivity contribution is 0.815. The van der Waals surface area contributed by atoms with E-state index >= 15 is 0 Å². The van der Waals surface area contributed by atoms with E-state index in [1.165, 1.54) is 34.9 Å². The highest BCUT2D eigenvalue weighted by molar-refractivity contribution is 9.10. The van der Waals surface area contributed by atoms with Gasteiger partial charge in [-0.05, 0) is 49.1 Å². The first kappa shape index (κ1) is 9.22. The maximum Gasteiger partial charge on any atom is 0.0213 e. The summed E-state index contributed by atoms with van der Waals surface area (Å²) in [5.41, 5.74) is 4.45. The third kappa shape index (κ3) is 1.79. The van der Waals surface area contributed by atoms with Crippen LogP contribution >= 0.6 is 15.9 Å². The van der Waals surface area contributed by atoms with Gasteiger partial charge in [-0.15, -0.1) is 0 Å². The number of halogens is 1. The zero-order valence-corrected chi connectivity index (χ0v) is 9.45. The molecule has 0 aromatic heterocycles. The highest BCUT2D eigenvalue weighted by atomic mass is 79.9. The van der Waals surface area contributed by atoms with Crippen molar-refractivity contribution < 1.29 is 0 Å². The van der Waals surface area contributed by atoms with Crippen molar-refractivity contribution in [3.8, 4) is 0 Å². The first-order valence-corrected chi connectivity index (χ1v) is 5.55. The lowest BCUT2D eigenvalue weighted by Gasteiger charge is -2.06. The van der Waals surface area contributed by atoms with Crippen molar-refractivity contribution in [2.24, 2.45) is 0 Å². The Morgan fingerprint density at radius 1 is 1.38 bits per heavy atom. The fourth-order valence-electron chi connectivity index (χ4n) is 2.02. The molecule has 0 saturated heterocycles. The van der Waals surface area contributed by atoms with Crippen LogP contribution in [0.1, 0.15) is 23.1 Å². The molecule has 70 valence electrons. The molecule has 0 amide bonds. The summed E-state index contributed by atoms with van der Waals surface area (Å²) in [6.45, 7) is 0.964. The number of rotatable bonds is 2. The SMILES string of the molecule is CNCc1cc(Br)c2c(c1)CCC2. The van der Waals surface area contributed by atoms with Gasteiger partial charge in [0, 0.05) is 11.0 Å². The van der Waals surface area contributed by atoms with Gasteiger partial charge < -0.3 is 5.32 Å². The van der Waals surface area contributed by atoms with Crippen LogP contribution in [0.25, 0.3) is 0 Å². The molecule has 0 spiro atoms. The number of hydrogen-bond acceptors (Lipinski definition) is 1. The Labute approximate surface area is 87.7 Å². The van der Waals surface area contributed by atoms with Crippen LogP contribution in [-0.4, -0.2) is 7.05 Å². The van der Waals surface area contributed by atoms with Crippen LogP contribution < -0.4 is 5.32 Å². The third-order valence-electron chi connectivity index (χ3n) is 2.60. The Kier molecular flexibility index (Phi) is 2.70. The minimum absolute atomic E-state index is 0.964. The smallest absolute Gasteiger partial charge is 0.0213 e. The van der Waals surface area contributed by atoms with E-state index in [2.05, 4.69) is 33.4 Å². The predicted octanol–water partition coefficient (Wildman–Crippen LogP) is 2.66. The van der Waals surface area contributed by atoms with Crippen molar-refractivity contribution >= 4 is 15.9 Å². The number of aryl methyl sites for hydroxylation is 1. The number of fused-ring (bicyclic) bond motifs is 1. The molecule has 0 bridgehead atoms. The van der Waals surface area contributed by atoms with E-state index in [9.17, 15) is 0 Å². The first-order chi connectivity index (χ1) is 6.31. The quantitative estimate of drug-likeness (QED) is 0.837. The fourth-order valence-corrected chi connectivity index (χ4v) is 2.77. The molecule has 1 nitrogen and oxygen atoms in total. The molecular formula is C11H14BrN. The van der Waals surface area contributed by atoms with Gasteiger partial charge in [0.05, 0.1) is 0 Å². The van der Waals surface area contributed by atoms with E-state index in [-0.39, 0.29) is 0 Å². The van der Waals surface area contributed by atoms with Gasteiger partial charge >= 0.3 is 0 Å². The molecule has 0 radical (unpaired) electrons. The maximum atomic E-state index is 3.64. The van der Waals surface area contributed by atoms with E-state index in [4.69, 9.17) is 0 Å². The second-order valence-corrected chi connectivity index (χ2v) is 4.45. The van der Waals surface area contributed by atoms with E-state index < -0.39 is 0 Å². The highest BCUT2D eigenvalue weighted by Crippen LogP contribution is 2.30. The van der Waals surface area contributed by atoms with Crippen LogP contribution in [0.2, 0.25) is 0 Å². The average molecular weight is 240 g/mol. The maximum absolute atomic E-state index is 3.64. The first-order valence-electron chi connectivity index (χ1n) is 4.76. The predicted molar refractivity (Wildman–Crippen MR) is 58.9 cm³/mol. The van der Waals surface area contributed by atoms with Gasteiger partial charge in [0.15, 0.2) is 0 Å². The van der Waals surface area contributed by atoms with Crippen molar-refractivity contribution in [1.82, 2.24) is 5.32 Å². The molecule has 1 aliphatic carbocycles. The minimum atomic E-state index is 0.964. The molecule has 13 heavy (non-hydrogen) atoms. The van der Waals surface area contributed by atoms with Gasteiger partial charge in [0.1, 0.15) is 0 Å². The highest BCUT2D eigenvalue weighted by Gasteiger charge is 2.14. The van der Waals surface area contributed by atoms with E-state index in [0.717, 1.165) is 6.54 Å². The Hall–Kier alpha value is -0.340. The molecule has 0 saturated carbocycles. The standard InChI is InChI=1S/C11H14BrN/c1-13-7-8-5-9-3-2-4-10(9)11(12)6-8/h5-6,13H,2-4,7H2,1H3. The van der Waals surface area contributed by atoms with Crippen molar-refractivity contribution in [3.63, 3.8) is 0 Å². The average Bonchev–Trinajstić information content (AvgIpc) is 2.53.